The highest BCUT2D eigenvalue weighted by Gasteiger charge is 2.37. The van der Waals surface area contributed by atoms with E-state index in [4.69, 9.17) is 9.47 Å². The molecule has 2 amide bonds. The summed E-state index contributed by atoms with van der Waals surface area (Å²) < 4.78 is 12.0. The SMILES string of the molecule is CNC1CC(NC2CCN(C(C)=O)CC2)CC(C(=O)NC[C@H](O)CN2CCC3CC(OCC4OCNC4C)CCC3C2)C1. The van der Waals surface area contributed by atoms with Gasteiger partial charge in [-0.25, -0.2) is 0 Å². The number of β-amino-alcohol motifs (C(OH)–C–C–N with tert-alkyl or cyclic N) is 1. The number of piperidine rings is 2. The first-order valence-corrected chi connectivity index (χ1v) is 17.1. The largest absolute Gasteiger partial charge is 0.390 e. The van der Waals surface area contributed by atoms with E-state index in [1.807, 2.05) is 11.9 Å². The van der Waals surface area contributed by atoms with Crippen LogP contribution in [0.1, 0.15) is 71.6 Å². The number of likely N-dealkylation sites (tertiary alicyclic amines) is 2. The van der Waals surface area contributed by atoms with Gasteiger partial charge in [0.15, 0.2) is 0 Å². The molecule has 0 radical (unpaired) electrons. The van der Waals surface area contributed by atoms with Crippen LogP contribution < -0.4 is 21.3 Å². The maximum atomic E-state index is 13.2. The zero-order chi connectivity index (χ0) is 30.3. The molecule has 5 aliphatic rings. The van der Waals surface area contributed by atoms with Gasteiger partial charge in [-0.15, -0.1) is 0 Å². The standard InChI is InChI=1S/C32H58N6O5/c1-21-31(43-20-35-21)19-42-30-5-4-24-17-37(9-6-23(24)14-30)18-29(40)16-34-32(41)25-12-27(33-3)15-28(13-25)36-26-7-10-38(11-8-26)22(2)39/h21,23-31,33,35-36,40H,4-20H2,1-3H3,(H,34,41)/t21?,23?,24?,25?,27?,28?,29-,30?,31?/m0/s1. The van der Waals surface area contributed by atoms with Crippen molar-refractivity contribution in [1.29, 1.82) is 0 Å². The maximum Gasteiger partial charge on any atom is 0.223 e. The van der Waals surface area contributed by atoms with Crippen LogP contribution in [0.4, 0.5) is 0 Å². The average molecular weight is 607 g/mol. The highest BCUT2D eigenvalue weighted by molar-refractivity contribution is 5.79. The molecular weight excluding hydrogens is 548 g/mol. The molecule has 3 heterocycles. The highest BCUT2D eigenvalue weighted by atomic mass is 16.5. The third-order valence-corrected chi connectivity index (χ3v) is 11.0. The third-order valence-electron chi connectivity index (χ3n) is 11.0. The molecule has 2 aliphatic carbocycles. The second-order valence-electron chi connectivity index (χ2n) is 14.1. The molecule has 11 heteroatoms. The Bertz CT molecular complexity index is 903. The number of amides is 2. The highest BCUT2D eigenvalue weighted by Crippen LogP contribution is 2.37. The number of carbonyl (C=O) groups excluding carboxylic acids is 2. The summed E-state index contributed by atoms with van der Waals surface area (Å²) in [5, 5.41) is 24.5. The van der Waals surface area contributed by atoms with Gasteiger partial charge < -0.3 is 40.3 Å². The molecule has 3 aliphatic heterocycles. The number of rotatable bonds is 11. The Morgan fingerprint density at radius 3 is 2.51 bits per heavy atom. The van der Waals surface area contributed by atoms with Gasteiger partial charge >= 0.3 is 0 Å². The quantitative estimate of drug-likeness (QED) is 0.231. The van der Waals surface area contributed by atoms with Gasteiger partial charge in [0.25, 0.3) is 0 Å². The van der Waals surface area contributed by atoms with Crippen molar-refractivity contribution in [2.75, 3.05) is 59.7 Å². The van der Waals surface area contributed by atoms with Crippen molar-refractivity contribution in [3.8, 4) is 0 Å². The van der Waals surface area contributed by atoms with Crippen LogP contribution in [0, 0.1) is 17.8 Å². The number of aliphatic hydroxyl groups is 1. The molecule has 11 nitrogen and oxygen atoms in total. The van der Waals surface area contributed by atoms with Gasteiger partial charge in [0.05, 0.1) is 31.6 Å². The summed E-state index contributed by atoms with van der Waals surface area (Å²) in [6.07, 6.45) is 9.06. The molecule has 0 aromatic rings. The lowest BCUT2D eigenvalue weighted by atomic mass is 9.74. The van der Waals surface area contributed by atoms with Gasteiger partial charge in [-0.05, 0) is 90.1 Å². The second-order valence-corrected chi connectivity index (χ2v) is 14.1. The molecule has 9 atom stereocenters. The smallest absolute Gasteiger partial charge is 0.223 e. The predicted octanol–water partition coefficient (Wildman–Crippen LogP) is 0.662. The molecule has 43 heavy (non-hydrogen) atoms. The van der Waals surface area contributed by atoms with Crippen LogP contribution in [0.3, 0.4) is 0 Å². The summed E-state index contributed by atoms with van der Waals surface area (Å²) in [4.78, 5) is 29.2. The molecule has 5 fully saturated rings. The van der Waals surface area contributed by atoms with Crippen LogP contribution in [0.15, 0.2) is 0 Å². The lowest BCUT2D eigenvalue weighted by molar-refractivity contribution is -0.130. The lowest BCUT2D eigenvalue weighted by Gasteiger charge is -2.44. The van der Waals surface area contributed by atoms with E-state index >= 15 is 0 Å². The van der Waals surface area contributed by atoms with Gasteiger partial charge in [-0.3, -0.25) is 14.9 Å². The number of ether oxygens (including phenoxy) is 2. The van der Waals surface area contributed by atoms with Crippen molar-refractivity contribution >= 4 is 11.8 Å². The maximum absolute atomic E-state index is 13.2. The lowest BCUT2D eigenvalue weighted by Crippen LogP contribution is -2.53. The number of aliphatic hydroxyl groups excluding tert-OH is 1. The molecule has 8 unspecified atom stereocenters. The number of nitrogens with zero attached hydrogens (tertiary/aromatic N) is 2. The summed E-state index contributed by atoms with van der Waals surface area (Å²) in [5.41, 5.74) is 0. The van der Waals surface area contributed by atoms with Crippen LogP contribution in [0.2, 0.25) is 0 Å². The van der Waals surface area contributed by atoms with Crippen molar-refractivity contribution in [1.82, 2.24) is 31.1 Å². The number of hydrogen-bond acceptors (Lipinski definition) is 9. The summed E-state index contributed by atoms with van der Waals surface area (Å²) in [6, 6.07) is 1.31. The molecule has 0 aromatic carbocycles. The molecule has 5 N–H and O–H groups in total. The first kappa shape index (κ1) is 33.0. The van der Waals surface area contributed by atoms with Crippen LogP contribution in [0.5, 0.6) is 0 Å². The van der Waals surface area contributed by atoms with E-state index in [-0.39, 0.29) is 29.9 Å². The zero-order valence-electron chi connectivity index (χ0n) is 26.8. The molecular formula is C32H58N6O5. The van der Waals surface area contributed by atoms with E-state index in [1.165, 1.54) is 6.42 Å². The minimum atomic E-state index is -0.564. The van der Waals surface area contributed by atoms with E-state index < -0.39 is 6.10 Å². The Hall–Kier alpha value is -1.34. The second kappa shape index (κ2) is 15.8. The summed E-state index contributed by atoms with van der Waals surface area (Å²) in [7, 11) is 1.98. The fourth-order valence-corrected chi connectivity index (χ4v) is 8.28. The first-order valence-electron chi connectivity index (χ1n) is 17.1. The van der Waals surface area contributed by atoms with Crippen LogP contribution in [-0.4, -0.2) is 129 Å². The summed E-state index contributed by atoms with van der Waals surface area (Å²) in [6.45, 7) is 9.64. The average Bonchev–Trinajstić information content (AvgIpc) is 3.43. The van der Waals surface area contributed by atoms with E-state index in [0.717, 1.165) is 77.5 Å². The monoisotopic (exact) mass is 606 g/mol. The number of nitrogens with one attached hydrogen (secondary N) is 4. The Labute approximate surface area is 258 Å². The predicted molar refractivity (Wildman–Crippen MR) is 165 cm³/mol. The third kappa shape index (κ3) is 9.34. The van der Waals surface area contributed by atoms with E-state index in [9.17, 15) is 14.7 Å². The Balaban J connectivity index is 0.993. The Morgan fingerprint density at radius 2 is 1.79 bits per heavy atom. The molecule has 246 valence electrons. The van der Waals surface area contributed by atoms with Crippen LogP contribution >= 0.6 is 0 Å². The normalized spacial score (nSPS) is 36.7. The molecule has 0 spiro atoms. The van der Waals surface area contributed by atoms with E-state index in [2.05, 4.69) is 33.1 Å². The minimum absolute atomic E-state index is 0.0578. The van der Waals surface area contributed by atoms with Crippen molar-refractivity contribution < 1.29 is 24.2 Å². The van der Waals surface area contributed by atoms with Crippen molar-refractivity contribution in [3.05, 3.63) is 0 Å². The molecule has 2 saturated carbocycles. The first-order chi connectivity index (χ1) is 20.8. The van der Waals surface area contributed by atoms with Gasteiger partial charge in [0, 0.05) is 69.7 Å². The van der Waals surface area contributed by atoms with E-state index in [1.54, 1.807) is 6.92 Å². The summed E-state index contributed by atoms with van der Waals surface area (Å²) >= 11 is 0. The fourth-order valence-electron chi connectivity index (χ4n) is 8.28. The van der Waals surface area contributed by atoms with Gasteiger partial charge in [-0.1, -0.05) is 0 Å². The zero-order valence-corrected chi connectivity index (χ0v) is 26.8. The van der Waals surface area contributed by atoms with Crippen molar-refractivity contribution in [2.45, 2.75) is 114 Å². The van der Waals surface area contributed by atoms with Crippen molar-refractivity contribution in [2.24, 2.45) is 17.8 Å². The topological polar surface area (TPSA) is 127 Å². The van der Waals surface area contributed by atoms with Crippen LogP contribution in [-0.2, 0) is 19.1 Å². The number of carbonyl (C=O) groups is 2. The number of hydrogen-bond donors (Lipinski definition) is 5. The van der Waals surface area contributed by atoms with Gasteiger partial charge in [-0.2, -0.15) is 0 Å². The van der Waals surface area contributed by atoms with Gasteiger partial charge in [0.2, 0.25) is 11.8 Å². The molecule has 0 bridgehead atoms. The summed E-state index contributed by atoms with van der Waals surface area (Å²) in [5.74, 6) is 1.50. The Kier molecular flexibility index (Phi) is 12.1. The van der Waals surface area contributed by atoms with Crippen LogP contribution in [0.25, 0.3) is 0 Å². The number of fused-ring (bicyclic) bond motifs is 1. The fraction of sp³-hybridized carbons (Fsp3) is 0.938. The van der Waals surface area contributed by atoms with E-state index in [0.29, 0.717) is 62.5 Å². The van der Waals surface area contributed by atoms with Crippen molar-refractivity contribution in [3.63, 3.8) is 0 Å². The molecule has 5 rings (SSSR count). The molecule has 0 aromatic heterocycles. The minimum Gasteiger partial charge on any atom is -0.390 e. The van der Waals surface area contributed by atoms with Gasteiger partial charge in [0.1, 0.15) is 0 Å². The Morgan fingerprint density at radius 1 is 1.00 bits per heavy atom. The molecule has 3 saturated heterocycles.